The Kier molecular flexibility index (Phi) is 3.85. The Labute approximate surface area is 123 Å². The number of aromatic carboxylic acids is 1. The molecular formula is C13H19NO4S2. The van der Waals surface area contributed by atoms with Crippen molar-refractivity contribution >= 4 is 32.3 Å². The van der Waals surface area contributed by atoms with E-state index in [1.807, 2.05) is 20.8 Å². The van der Waals surface area contributed by atoms with E-state index in [9.17, 15) is 18.3 Å². The number of sulfonamides is 1. The Morgan fingerprint density at radius 1 is 1.35 bits per heavy atom. The van der Waals surface area contributed by atoms with Gasteiger partial charge < -0.3 is 5.11 Å². The molecule has 1 aliphatic rings. The fraction of sp³-hybridized carbons (Fsp3) is 0.615. The van der Waals surface area contributed by atoms with Gasteiger partial charge in [0.15, 0.2) is 0 Å². The number of nitrogens with one attached hydrogen (secondary N) is 1. The van der Waals surface area contributed by atoms with Crippen LogP contribution in [-0.4, -0.2) is 25.2 Å². The Morgan fingerprint density at radius 3 is 2.55 bits per heavy atom. The number of carboxylic acids is 1. The number of anilines is 1. The second kappa shape index (κ2) is 5.04. The molecular weight excluding hydrogens is 298 g/mol. The Morgan fingerprint density at radius 2 is 2.00 bits per heavy atom. The van der Waals surface area contributed by atoms with Gasteiger partial charge in [0.2, 0.25) is 10.0 Å². The molecule has 0 radical (unpaired) electrons. The largest absolute Gasteiger partial charge is 0.478 e. The molecule has 2 rings (SSSR count). The van der Waals surface area contributed by atoms with Crippen molar-refractivity contribution in [2.75, 3.05) is 10.5 Å². The molecule has 1 aromatic heterocycles. The zero-order valence-electron chi connectivity index (χ0n) is 11.8. The summed E-state index contributed by atoms with van der Waals surface area (Å²) in [6.45, 7) is 5.50. The maximum atomic E-state index is 12.1. The molecule has 112 valence electrons. The van der Waals surface area contributed by atoms with Crippen LogP contribution in [0.2, 0.25) is 0 Å². The molecule has 0 unspecified atom stereocenters. The molecule has 0 aliphatic heterocycles. The first-order valence-electron chi connectivity index (χ1n) is 6.47. The van der Waals surface area contributed by atoms with Gasteiger partial charge >= 0.3 is 5.97 Å². The molecule has 0 fully saturated rings. The van der Waals surface area contributed by atoms with Gasteiger partial charge in [-0.15, -0.1) is 11.3 Å². The Hall–Kier alpha value is -1.08. The van der Waals surface area contributed by atoms with E-state index in [0.717, 1.165) is 23.3 Å². The molecule has 5 nitrogen and oxygen atoms in total. The van der Waals surface area contributed by atoms with E-state index in [-0.39, 0.29) is 21.7 Å². The van der Waals surface area contributed by atoms with Gasteiger partial charge in [-0.1, -0.05) is 20.8 Å². The predicted molar refractivity (Wildman–Crippen MR) is 80.2 cm³/mol. The van der Waals surface area contributed by atoms with E-state index in [4.69, 9.17) is 0 Å². The second-order valence-corrected chi connectivity index (χ2v) is 9.12. The zero-order valence-corrected chi connectivity index (χ0v) is 13.4. The normalized spacial score (nSPS) is 15.2. The van der Waals surface area contributed by atoms with Crippen molar-refractivity contribution in [3.05, 3.63) is 16.0 Å². The van der Waals surface area contributed by atoms with Crippen molar-refractivity contribution in [2.24, 2.45) is 5.41 Å². The number of aryl methyl sites for hydroxylation is 1. The minimum atomic E-state index is -3.54. The summed E-state index contributed by atoms with van der Waals surface area (Å²) in [5.74, 6) is -1.10. The molecule has 1 heterocycles. The van der Waals surface area contributed by atoms with Gasteiger partial charge in [-0.2, -0.15) is 0 Å². The lowest BCUT2D eigenvalue weighted by molar-refractivity contribution is 0.0697. The van der Waals surface area contributed by atoms with Crippen LogP contribution in [0.5, 0.6) is 0 Å². The fourth-order valence-corrected chi connectivity index (χ4v) is 5.73. The van der Waals surface area contributed by atoms with Crippen LogP contribution in [0.1, 0.15) is 48.0 Å². The van der Waals surface area contributed by atoms with Crippen LogP contribution in [0.3, 0.4) is 0 Å². The summed E-state index contributed by atoms with van der Waals surface area (Å²) in [4.78, 5) is 12.4. The van der Waals surface area contributed by atoms with Crippen molar-refractivity contribution in [1.82, 2.24) is 0 Å². The van der Waals surface area contributed by atoms with E-state index in [0.29, 0.717) is 6.42 Å². The fourth-order valence-electron chi connectivity index (χ4n) is 2.45. The molecule has 0 amide bonds. The second-order valence-electron chi connectivity index (χ2n) is 6.29. The van der Waals surface area contributed by atoms with Crippen LogP contribution in [0.4, 0.5) is 5.00 Å². The molecule has 1 aromatic rings. The van der Waals surface area contributed by atoms with E-state index in [1.165, 1.54) is 11.3 Å². The van der Waals surface area contributed by atoms with Crippen molar-refractivity contribution in [3.63, 3.8) is 0 Å². The monoisotopic (exact) mass is 317 g/mol. The number of hydrogen-bond donors (Lipinski definition) is 2. The minimum absolute atomic E-state index is 0.0401. The number of hydrogen-bond acceptors (Lipinski definition) is 4. The maximum absolute atomic E-state index is 12.1. The van der Waals surface area contributed by atoms with Gasteiger partial charge in [-0.05, 0) is 30.2 Å². The Balaban J connectivity index is 2.33. The SMILES string of the molecule is CC(C)(C)CS(=O)(=O)Nc1sc2c(c1C(=O)O)CCC2. The quantitative estimate of drug-likeness (QED) is 0.894. The zero-order chi connectivity index (χ0) is 15.1. The van der Waals surface area contributed by atoms with E-state index < -0.39 is 16.0 Å². The minimum Gasteiger partial charge on any atom is -0.478 e. The third-order valence-corrected chi connectivity index (χ3v) is 6.10. The van der Waals surface area contributed by atoms with E-state index in [1.54, 1.807) is 0 Å². The average molecular weight is 317 g/mol. The summed E-state index contributed by atoms with van der Waals surface area (Å²) in [6, 6.07) is 0. The highest BCUT2D eigenvalue weighted by Crippen LogP contribution is 2.39. The van der Waals surface area contributed by atoms with E-state index >= 15 is 0 Å². The van der Waals surface area contributed by atoms with Crippen LogP contribution in [0.15, 0.2) is 0 Å². The topological polar surface area (TPSA) is 83.5 Å². The smallest absolute Gasteiger partial charge is 0.339 e. The third kappa shape index (κ3) is 3.32. The lowest BCUT2D eigenvalue weighted by Crippen LogP contribution is -2.26. The maximum Gasteiger partial charge on any atom is 0.339 e. The molecule has 0 saturated carbocycles. The molecule has 20 heavy (non-hydrogen) atoms. The van der Waals surface area contributed by atoms with Crippen LogP contribution < -0.4 is 4.72 Å². The first kappa shape index (κ1) is 15.3. The highest BCUT2D eigenvalue weighted by atomic mass is 32.2. The molecule has 0 atom stereocenters. The van der Waals surface area contributed by atoms with Gasteiger partial charge in [0.05, 0.1) is 11.3 Å². The van der Waals surface area contributed by atoms with Crippen molar-refractivity contribution in [3.8, 4) is 0 Å². The molecule has 7 heteroatoms. The number of carbonyl (C=O) groups is 1. The summed E-state index contributed by atoms with van der Waals surface area (Å²) in [5.41, 5.74) is 0.561. The van der Waals surface area contributed by atoms with Crippen LogP contribution in [0.25, 0.3) is 0 Å². The predicted octanol–water partition coefficient (Wildman–Crippen LogP) is 2.72. The van der Waals surface area contributed by atoms with Crippen molar-refractivity contribution in [1.29, 1.82) is 0 Å². The van der Waals surface area contributed by atoms with Gasteiger partial charge in [0.25, 0.3) is 0 Å². The van der Waals surface area contributed by atoms with Gasteiger partial charge in [-0.3, -0.25) is 4.72 Å². The lowest BCUT2D eigenvalue weighted by atomic mass is 10.0. The van der Waals surface area contributed by atoms with Crippen molar-refractivity contribution < 1.29 is 18.3 Å². The number of fused-ring (bicyclic) bond motifs is 1. The summed E-state index contributed by atoms with van der Waals surface area (Å²) in [7, 11) is -3.54. The van der Waals surface area contributed by atoms with Gasteiger partial charge in [0, 0.05) is 4.88 Å². The first-order valence-corrected chi connectivity index (χ1v) is 8.94. The molecule has 1 aliphatic carbocycles. The third-order valence-electron chi connectivity index (χ3n) is 3.01. The van der Waals surface area contributed by atoms with Crippen LogP contribution in [-0.2, 0) is 22.9 Å². The molecule has 0 saturated heterocycles. The molecule has 2 N–H and O–H groups in total. The standard InChI is InChI=1S/C13H19NO4S2/c1-13(2,3)7-20(17,18)14-11-10(12(15)16)8-5-4-6-9(8)19-11/h14H,4-7H2,1-3H3,(H,15,16). The van der Waals surface area contributed by atoms with Gasteiger partial charge in [0.1, 0.15) is 5.00 Å². The lowest BCUT2D eigenvalue weighted by Gasteiger charge is -2.18. The average Bonchev–Trinajstić information content (AvgIpc) is 2.70. The molecule has 0 aromatic carbocycles. The summed E-state index contributed by atoms with van der Waals surface area (Å²) >= 11 is 1.26. The highest BCUT2D eigenvalue weighted by molar-refractivity contribution is 7.92. The first-order chi connectivity index (χ1) is 9.09. The number of thiophene rings is 1. The number of carboxylic acid groups (broad SMARTS) is 1. The van der Waals surface area contributed by atoms with Crippen LogP contribution in [0, 0.1) is 5.41 Å². The summed E-state index contributed by atoms with van der Waals surface area (Å²) < 4.78 is 26.7. The summed E-state index contributed by atoms with van der Waals surface area (Å²) in [6.07, 6.45) is 2.49. The van der Waals surface area contributed by atoms with Crippen LogP contribution >= 0.6 is 11.3 Å². The highest BCUT2D eigenvalue weighted by Gasteiger charge is 2.29. The number of rotatable bonds is 4. The molecule has 0 bridgehead atoms. The summed E-state index contributed by atoms with van der Waals surface area (Å²) in [5, 5.41) is 9.58. The van der Waals surface area contributed by atoms with Crippen molar-refractivity contribution in [2.45, 2.75) is 40.0 Å². The molecule has 0 spiro atoms. The Bertz CT molecular complexity index is 638. The van der Waals surface area contributed by atoms with Gasteiger partial charge in [-0.25, -0.2) is 13.2 Å². The van der Waals surface area contributed by atoms with E-state index in [2.05, 4.69) is 4.72 Å².